The van der Waals surface area contributed by atoms with Gasteiger partial charge in [0, 0.05) is 11.1 Å². The minimum atomic E-state index is -0.130. The van der Waals surface area contributed by atoms with Gasteiger partial charge in [-0.2, -0.15) is 0 Å². The SMILES string of the molecule is O=C1COc2ccccc2-c2nc(-c3ccccc3)c(-c3ccccc3)n21. The topological polar surface area (TPSA) is 44.1 Å². The number of para-hydroxylation sites is 1. The molecule has 1 aliphatic heterocycles. The van der Waals surface area contributed by atoms with Gasteiger partial charge in [0.05, 0.1) is 17.0 Å². The minimum absolute atomic E-state index is 0.0194. The van der Waals surface area contributed by atoms with Crippen LogP contribution >= 0.6 is 0 Å². The van der Waals surface area contributed by atoms with E-state index in [-0.39, 0.29) is 12.5 Å². The summed E-state index contributed by atoms with van der Waals surface area (Å²) in [5, 5.41) is 0. The molecule has 1 aromatic heterocycles. The number of ether oxygens (including phenoxy) is 1. The molecule has 4 heteroatoms. The van der Waals surface area contributed by atoms with Gasteiger partial charge in [-0.1, -0.05) is 72.8 Å². The van der Waals surface area contributed by atoms with Gasteiger partial charge in [0.25, 0.3) is 5.91 Å². The summed E-state index contributed by atoms with van der Waals surface area (Å²) in [7, 11) is 0. The highest BCUT2D eigenvalue weighted by Gasteiger charge is 2.28. The van der Waals surface area contributed by atoms with Gasteiger partial charge in [0.15, 0.2) is 12.4 Å². The highest BCUT2D eigenvalue weighted by Crippen LogP contribution is 2.39. The van der Waals surface area contributed by atoms with Crippen LogP contribution in [0.1, 0.15) is 4.79 Å². The quantitative estimate of drug-likeness (QED) is 0.514. The Morgan fingerprint density at radius 3 is 2.15 bits per heavy atom. The molecule has 5 rings (SSSR count). The average Bonchev–Trinajstić information content (AvgIpc) is 3.08. The third kappa shape index (κ3) is 2.54. The van der Waals surface area contributed by atoms with Gasteiger partial charge < -0.3 is 4.74 Å². The molecule has 0 aliphatic carbocycles. The molecule has 130 valence electrons. The molecule has 0 saturated heterocycles. The maximum absolute atomic E-state index is 13.0. The van der Waals surface area contributed by atoms with Crippen molar-refractivity contribution < 1.29 is 9.53 Å². The first kappa shape index (κ1) is 15.6. The van der Waals surface area contributed by atoms with Crippen molar-refractivity contribution in [1.82, 2.24) is 9.55 Å². The standard InChI is InChI=1S/C23H16N2O2/c26-20-15-27-19-14-8-7-13-18(19)23-24-21(16-9-3-1-4-10-16)22(25(20)23)17-11-5-2-6-12-17/h1-14H,15H2. The van der Waals surface area contributed by atoms with Crippen LogP contribution in [0, 0.1) is 0 Å². The van der Waals surface area contributed by atoms with Gasteiger partial charge in [0.2, 0.25) is 0 Å². The van der Waals surface area contributed by atoms with E-state index in [9.17, 15) is 4.79 Å². The summed E-state index contributed by atoms with van der Waals surface area (Å²) in [6.45, 7) is -0.0194. The van der Waals surface area contributed by atoms with Crippen LogP contribution in [0.25, 0.3) is 33.9 Å². The van der Waals surface area contributed by atoms with Crippen LogP contribution in [0.4, 0.5) is 0 Å². The maximum Gasteiger partial charge on any atom is 0.270 e. The largest absolute Gasteiger partial charge is 0.483 e. The number of fused-ring (bicyclic) bond motifs is 3. The summed E-state index contributed by atoms with van der Waals surface area (Å²) in [6.07, 6.45) is 0. The van der Waals surface area contributed by atoms with Crippen molar-refractivity contribution in [3.63, 3.8) is 0 Å². The van der Waals surface area contributed by atoms with Gasteiger partial charge in [-0.25, -0.2) is 4.98 Å². The van der Waals surface area contributed by atoms with Crippen molar-refractivity contribution in [3.8, 4) is 39.7 Å². The lowest BCUT2D eigenvalue weighted by molar-refractivity contribution is 0.0848. The van der Waals surface area contributed by atoms with Crippen molar-refractivity contribution in [1.29, 1.82) is 0 Å². The van der Waals surface area contributed by atoms with Crippen LogP contribution in [0.5, 0.6) is 5.75 Å². The third-order valence-electron chi connectivity index (χ3n) is 4.70. The molecule has 2 heterocycles. The number of benzene rings is 3. The third-order valence-corrected chi connectivity index (χ3v) is 4.70. The van der Waals surface area contributed by atoms with Crippen molar-refractivity contribution in [2.45, 2.75) is 0 Å². The van der Waals surface area contributed by atoms with Gasteiger partial charge >= 0.3 is 0 Å². The molecule has 0 N–H and O–H groups in total. The zero-order valence-electron chi connectivity index (χ0n) is 14.5. The minimum Gasteiger partial charge on any atom is -0.483 e. The number of rotatable bonds is 2. The second-order valence-corrected chi connectivity index (χ2v) is 6.38. The van der Waals surface area contributed by atoms with Crippen LogP contribution in [0.15, 0.2) is 84.9 Å². The Balaban J connectivity index is 1.88. The second kappa shape index (κ2) is 6.25. The predicted octanol–water partition coefficient (Wildman–Crippen LogP) is 4.92. The Labute approximate surface area is 156 Å². The lowest BCUT2D eigenvalue weighted by Gasteiger charge is -2.09. The fourth-order valence-corrected chi connectivity index (χ4v) is 3.48. The molecule has 0 atom stereocenters. The molecular formula is C23H16N2O2. The van der Waals surface area contributed by atoms with Crippen molar-refractivity contribution in [3.05, 3.63) is 84.9 Å². The van der Waals surface area contributed by atoms with Crippen LogP contribution in [0.2, 0.25) is 0 Å². The summed E-state index contributed by atoms with van der Waals surface area (Å²) in [6, 6.07) is 27.5. The Bertz CT molecular complexity index is 1130. The molecule has 0 unspecified atom stereocenters. The van der Waals surface area contributed by atoms with E-state index in [1.807, 2.05) is 84.9 Å². The number of hydrogen-bond acceptors (Lipinski definition) is 3. The monoisotopic (exact) mass is 352 g/mol. The Hall–Kier alpha value is -3.66. The first-order valence-electron chi connectivity index (χ1n) is 8.82. The van der Waals surface area contributed by atoms with E-state index in [1.54, 1.807) is 4.57 Å². The number of aromatic nitrogens is 2. The van der Waals surface area contributed by atoms with E-state index in [0.717, 1.165) is 28.1 Å². The zero-order chi connectivity index (χ0) is 18.2. The fourth-order valence-electron chi connectivity index (χ4n) is 3.48. The highest BCUT2D eigenvalue weighted by molar-refractivity contribution is 5.96. The van der Waals surface area contributed by atoms with E-state index in [0.29, 0.717) is 11.6 Å². The van der Waals surface area contributed by atoms with Crippen molar-refractivity contribution in [2.75, 3.05) is 6.61 Å². The van der Waals surface area contributed by atoms with E-state index in [1.165, 1.54) is 0 Å². The van der Waals surface area contributed by atoms with Crippen LogP contribution in [0.3, 0.4) is 0 Å². The van der Waals surface area contributed by atoms with Gasteiger partial charge in [-0.05, 0) is 12.1 Å². The number of carbonyl (C=O) groups excluding carboxylic acids is 1. The molecule has 27 heavy (non-hydrogen) atoms. The summed E-state index contributed by atoms with van der Waals surface area (Å²) in [5.74, 6) is 1.16. The summed E-state index contributed by atoms with van der Waals surface area (Å²) < 4.78 is 7.43. The molecule has 4 aromatic rings. The average molecular weight is 352 g/mol. The molecule has 0 radical (unpaired) electrons. The summed E-state index contributed by atoms with van der Waals surface area (Å²) >= 11 is 0. The Morgan fingerprint density at radius 2 is 1.41 bits per heavy atom. The number of imidazole rings is 1. The van der Waals surface area contributed by atoms with E-state index < -0.39 is 0 Å². The van der Waals surface area contributed by atoms with E-state index in [2.05, 4.69) is 0 Å². The predicted molar refractivity (Wildman–Crippen MR) is 105 cm³/mol. The second-order valence-electron chi connectivity index (χ2n) is 6.38. The summed E-state index contributed by atoms with van der Waals surface area (Å²) in [5.41, 5.74) is 4.33. The van der Waals surface area contributed by atoms with Crippen molar-refractivity contribution >= 4 is 5.91 Å². The van der Waals surface area contributed by atoms with Gasteiger partial charge in [0.1, 0.15) is 5.75 Å². The number of nitrogens with zero attached hydrogens (tertiary/aromatic N) is 2. The molecule has 1 aliphatic rings. The van der Waals surface area contributed by atoms with E-state index >= 15 is 0 Å². The van der Waals surface area contributed by atoms with Gasteiger partial charge in [-0.15, -0.1) is 0 Å². The lowest BCUT2D eigenvalue weighted by atomic mass is 10.0. The smallest absolute Gasteiger partial charge is 0.270 e. The fraction of sp³-hybridized carbons (Fsp3) is 0.0435. The Morgan fingerprint density at radius 1 is 0.778 bits per heavy atom. The van der Waals surface area contributed by atoms with Crippen LogP contribution in [-0.2, 0) is 0 Å². The van der Waals surface area contributed by atoms with Gasteiger partial charge in [-0.3, -0.25) is 9.36 Å². The first-order valence-corrected chi connectivity index (χ1v) is 8.82. The molecule has 0 amide bonds. The molecule has 4 nitrogen and oxygen atoms in total. The number of carbonyl (C=O) groups is 1. The zero-order valence-corrected chi connectivity index (χ0v) is 14.5. The van der Waals surface area contributed by atoms with Crippen molar-refractivity contribution in [2.24, 2.45) is 0 Å². The van der Waals surface area contributed by atoms with Crippen LogP contribution < -0.4 is 4.74 Å². The first-order chi connectivity index (χ1) is 13.3. The molecule has 3 aromatic carbocycles. The lowest BCUT2D eigenvalue weighted by Crippen LogP contribution is -2.18. The molecular weight excluding hydrogens is 336 g/mol. The highest BCUT2D eigenvalue weighted by atomic mass is 16.5. The molecule has 0 fully saturated rings. The normalized spacial score (nSPS) is 12.7. The Kier molecular flexibility index (Phi) is 3.61. The molecule has 0 bridgehead atoms. The summed E-state index contributed by atoms with van der Waals surface area (Å²) in [4.78, 5) is 17.9. The number of hydrogen-bond donors (Lipinski definition) is 0. The molecule has 0 spiro atoms. The van der Waals surface area contributed by atoms with E-state index in [4.69, 9.17) is 9.72 Å². The maximum atomic E-state index is 13.0. The van der Waals surface area contributed by atoms with Crippen LogP contribution in [-0.4, -0.2) is 22.1 Å². The molecule has 0 saturated carbocycles.